The van der Waals surface area contributed by atoms with Gasteiger partial charge in [0.1, 0.15) is 16.9 Å². The number of fused-ring (bicyclic) bond motifs is 8. The molecule has 1 heterocycles. The molecule has 0 fully saturated rings. The molecule has 0 unspecified atom stereocenters. The number of rotatable bonds is 3. The third-order valence-corrected chi connectivity index (χ3v) is 10.6. The van der Waals surface area contributed by atoms with Gasteiger partial charge in [-0.05, 0) is 56.4 Å². The first-order valence-electron chi connectivity index (χ1n) is 17.2. The van der Waals surface area contributed by atoms with Crippen LogP contribution in [0.4, 0.5) is 0 Å². The maximum Gasteiger partial charge on any atom is 0.204 e. The van der Waals surface area contributed by atoms with Gasteiger partial charge in [0.15, 0.2) is 23.0 Å². The summed E-state index contributed by atoms with van der Waals surface area (Å²) < 4.78 is 6.27. The topological polar surface area (TPSA) is 155 Å². The predicted octanol–water partition coefficient (Wildman–Crippen LogP) is 11.1. The SMILES string of the molecule is Oc1c(O)c(O)c2c(-c3ccc4oc5ccc6ccccc6c5c4c3)c3c(O)c(-c4cccc5ccccc45)c(O)c(O)c3c(-c3ccccc3)c2c1O. The van der Waals surface area contributed by atoms with Crippen molar-refractivity contribution >= 4 is 65.0 Å². The van der Waals surface area contributed by atoms with E-state index in [-0.39, 0.29) is 38.2 Å². The zero-order chi connectivity index (χ0) is 37.0. The Morgan fingerprint density at radius 3 is 1.56 bits per heavy atom. The van der Waals surface area contributed by atoms with E-state index in [9.17, 15) is 35.7 Å². The molecule has 8 heteroatoms. The molecule has 10 aromatic rings. The van der Waals surface area contributed by atoms with E-state index in [1.807, 2.05) is 72.8 Å². The Balaban J connectivity index is 1.47. The predicted molar refractivity (Wildman–Crippen MR) is 212 cm³/mol. The minimum atomic E-state index is -0.981. The molecule has 0 saturated carbocycles. The Labute approximate surface area is 305 Å². The van der Waals surface area contributed by atoms with Crippen molar-refractivity contribution in [2.45, 2.75) is 0 Å². The number of hydrogen-bond donors (Lipinski definition) is 7. The zero-order valence-electron chi connectivity index (χ0n) is 28.2. The van der Waals surface area contributed by atoms with Crippen LogP contribution in [-0.4, -0.2) is 35.7 Å². The van der Waals surface area contributed by atoms with Gasteiger partial charge < -0.3 is 40.2 Å². The summed E-state index contributed by atoms with van der Waals surface area (Å²) in [5.74, 6) is -5.16. The van der Waals surface area contributed by atoms with Crippen LogP contribution in [0.1, 0.15) is 0 Å². The largest absolute Gasteiger partial charge is 0.506 e. The van der Waals surface area contributed by atoms with Crippen LogP contribution in [0.5, 0.6) is 40.2 Å². The molecule has 10 rings (SSSR count). The maximum absolute atomic E-state index is 12.7. The van der Waals surface area contributed by atoms with Gasteiger partial charge in [-0.2, -0.15) is 0 Å². The minimum absolute atomic E-state index is 0.0105. The summed E-state index contributed by atoms with van der Waals surface area (Å²) in [6, 6.07) is 38.5. The first kappa shape index (κ1) is 31.2. The molecule has 0 amide bonds. The molecular formula is C46H28O8. The quantitative estimate of drug-likeness (QED) is 0.0543. The molecule has 0 aliphatic heterocycles. The summed E-state index contributed by atoms with van der Waals surface area (Å²) in [5, 5.41) is 87.0. The number of aromatic hydroxyl groups is 7. The molecule has 1 aromatic heterocycles. The van der Waals surface area contributed by atoms with Crippen molar-refractivity contribution in [3.05, 3.63) is 127 Å². The van der Waals surface area contributed by atoms with Gasteiger partial charge >= 0.3 is 0 Å². The molecule has 0 spiro atoms. The second kappa shape index (κ2) is 11.2. The molecule has 7 N–H and O–H groups in total. The van der Waals surface area contributed by atoms with Gasteiger partial charge in [-0.3, -0.25) is 0 Å². The van der Waals surface area contributed by atoms with Crippen LogP contribution in [0.2, 0.25) is 0 Å². The Kier molecular flexibility index (Phi) is 6.47. The molecule has 0 aliphatic carbocycles. The number of furan rings is 1. The van der Waals surface area contributed by atoms with Gasteiger partial charge in [0, 0.05) is 43.4 Å². The molecule has 0 atom stereocenters. The highest BCUT2D eigenvalue weighted by atomic mass is 16.3. The normalized spacial score (nSPS) is 11.9. The van der Waals surface area contributed by atoms with E-state index in [2.05, 4.69) is 0 Å². The van der Waals surface area contributed by atoms with E-state index in [1.165, 1.54) is 0 Å². The fraction of sp³-hybridized carbons (Fsp3) is 0. The van der Waals surface area contributed by atoms with Crippen LogP contribution in [0.25, 0.3) is 98.4 Å². The fourth-order valence-electron chi connectivity index (χ4n) is 8.22. The van der Waals surface area contributed by atoms with Crippen molar-refractivity contribution < 1.29 is 40.2 Å². The summed E-state index contributed by atoms with van der Waals surface area (Å²) in [4.78, 5) is 0. The van der Waals surface area contributed by atoms with Crippen molar-refractivity contribution in [3.8, 4) is 73.6 Å². The summed E-state index contributed by atoms with van der Waals surface area (Å²) in [5.41, 5.74) is 2.56. The Hall–Kier alpha value is -7.58. The van der Waals surface area contributed by atoms with Crippen molar-refractivity contribution in [3.63, 3.8) is 0 Å². The standard InChI is InChI=1S/C46H28O8/c47-40-35(28-16-8-13-22-9-4-6-14-26(22)28)41(48)42(49)37-32(24-11-2-1-3-12-24)38-39(44(51)46(53)45(52)43(38)50)33(36(37)40)25-18-19-30-29(21-25)34-27-15-7-5-10-23(27)17-20-31(34)54-30/h1-21,47-53H. The lowest BCUT2D eigenvalue weighted by Crippen LogP contribution is -1.96. The van der Waals surface area contributed by atoms with Gasteiger partial charge in [0.05, 0.1) is 5.56 Å². The molecule has 0 saturated heterocycles. The lowest BCUT2D eigenvalue weighted by atomic mass is 9.82. The highest BCUT2D eigenvalue weighted by molar-refractivity contribution is 6.30. The molecule has 9 aromatic carbocycles. The van der Waals surface area contributed by atoms with E-state index in [1.54, 1.807) is 54.6 Å². The maximum atomic E-state index is 12.7. The van der Waals surface area contributed by atoms with Gasteiger partial charge in [-0.1, -0.05) is 109 Å². The minimum Gasteiger partial charge on any atom is -0.506 e. The third kappa shape index (κ3) is 4.13. The van der Waals surface area contributed by atoms with Crippen LogP contribution in [-0.2, 0) is 0 Å². The second-order valence-corrected chi connectivity index (χ2v) is 13.4. The van der Waals surface area contributed by atoms with E-state index in [0.717, 1.165) is 21.5 Å². The average Bonchev–Trinajstić information content (AvgIpc) is 3.59. The Bertz CT molecular complexity index is 3230. The summed E-state index contributed by atoms with van der Waals surface area (Å²) in [7, 11) is 0. The smallest absolute Gasteiger partial charge is 0.204 e. The molecule has 260 valence electrons. The van der Waals surface area contributed by atoms with Gasteiger partial charge in [-0.25, -0.2) is 0 Å². The van der Waals surface area contributed by atoms with Crippen molar-refractivity contribution in [2.24, 2.45) is 0 Å². The first-order valence-corrected chi connectivity index (χ1v) is 17.2. The highest BCUT2D eigenvalue weighted by Crippen LogP contribution is 2.62. The van der Waals surface area contributed by atoms with E-state index < -0.39 is 40.2 Å². The number of benzene rings is 9. The van der Waals surface area contributed by atoms with Crippen LogP contribution in [0.15, 0.2) is 132 Å². The third-order valence-electron chi connectivity index (χ3n) is 10.6. The van der Waals surface area contributed by atoms with Gasteiger partial charge in [-0.15, -0.1) is 0 Å². The number of phenols is 7. The van der Waals surface area contributed by atoms with Crippen LogP contribution in [0, 0.1) is 0 Å². The summed E-state index contributed by atoms with van der Waals surface area (Å²) in [6.45, 7) is 0. The Morgan fingerprint density at radius 1 is 0.315 bits per heavy atom. The van der Waals surface area contributed by atoms with Crippen LogP contribution < -0.4 is 0 Å². The first-order chi connectivity index (χ1) is 26.2. The lowest BCUT2D eigenvalue weighted by molar-refractivity contribution is 0.351. The molecule has 0 aliphatic rings. The number of hydrogen-bond acceptors (Lipinski definition) is 8. The van der Waals surface area contributed by atoms with Gasteiger partial charge in [0.2, 0.25) is 11.5 Å². The average molecular weight is 709 g/mol. The van der Waals surface area contributed by atoms with Crippen LogP contribution >= 0.6 is 0 Å². The molecule has 0 radical (unpaired) electrons. The monoisotopic (exact) mass is 708 g/mol. The Morgan fingerprint density at radius 2 is 0.852 bits per heavy atom. The zero-order valence-corrected chi connectivity index (χ0v) is 28.2. The lowest BCUT2D eigenvalue weighted by Gasteiger charge is -2.24. The van der Waals surface area contributed by atoms with Crippen molar-refractivity contribution in [1.82, 2.24) is 0 Å². The van der Waals surface area contributed by atoms with Gasteiger partial charge in [0.25, 0.3) is 0 Å². The fourth-order valence-corrected chi connectivity index (χ4v) is 8.22. The van der Waals surface area contributed by atoms with E-state index in [0.29, 0.717) is 38.6 Å². The summed E-state index contributed by atoms with van der Waals surface area (Å²) in [6.07, 6.45) is 0. The number of phenolic OH excluding ortho intramolecular Hbond substituents is 7. The summed E-state index contributed by atoms with van der Waals surface area (Å²) >= 11 is 0. The van der Waals surface area contributed by atoms with Crippen molar-refractivity contribution in [2.75, 3.05) is 0 Å². The van der Waals surface area contributed by atoms with E-state index in [4.69, 9.17) is 4.42 Å². The highest BCUT2D eigenvalue weighted by Gasteiger charge is 2.33. The van der Waals surface area contributed by atoms with Crippen molar-refractivity contribution in [1.29, 1.82) is 0 Å². The molecule has 54 heavy (non-hydrogen) atoms. The molecular weight excluding hydrogens is 680 g/mol. The van der Waals surface area contributed by atoms with E-state index >= 15 is 0 Å². The second-order valence-electron chi connectivity index (χ2n) is 13.4. The molecule has 8 nitrogen and oxygen atoms in total. The van der Waals surface area contributed by atoms with Crippen LogP contribution in [0.3, 0.4) is 0 Å². The molecule has 0 bridgehead atoms.